The molecule has 34 heavy (non-hydrogen) atoms. The Hall–Kier alpha value is -4.45. The summed E-state index contributed by atoms with van der Waals surface area (Å²) in [6.45, 7) is 1.85. The van der Waals surface area contributed by atoms with E-state index in [-0.39, 0.29) is 11.3 Å². The number of aryl methyl sites for hydroxylation is 1. The molecule has 168 valence electrons. The van der Waals surface area contributed by atoms with Crippen LogP contribution in [0.2, 0.25) is 0 Å². The van der Waals surface area contributed by atoms with E-state index in [0.29, 0.717) is 22.6 Å². The summed E-state index contributed by atoms with van der Waals surface area (Å²) >= 11 is 0. The van der Waals surface area contributed by atoms with Gasteiger partial charge < -0.3 is 9.84 Å². The van der Waals surface area contributed by atoms with Gasteiger partial charge in [-0.15, -0.1) is 0 Å². The Bertz CT molecular complexity index is 1450. The molecule has 0 aliphatic carbocycles. The highest BCUT2D eigenvalue weighted by Gasteiger charge is 2.47. The maximum Gasteiger partial charge on any atom is 0.300 e. The van der Waals surface area contributed by atoms with Gasteiger partial charge in [0.05, 0.1) is 24.4 Å². The van der Waals surface area contributed by atoms with Gasteiger partial charge in [0, 0.05) is 23.3 Å². The smallest absolute Gasteiger partial charge is 0.300 e. The second-order valence-electron chi connectivity index (χ2n) is 8.14. The minimum absolute atomic E-state index is 0.0236. The highest BCUT2D eigenvalue weighted by molar-refractivity contribution is 6.52. The lowest BCUT2D eigenvalue weighted by Gasteiger charge is -2.26. The summed E-state index contributed by atoms with van der Waals surface area (Å²) in [7, 11) is 1.57. The van der Waals surface area contributed by atoms with Gasteiger partial charge in [0.15, 0.2) is 0 Å². The molecule has 1 atom stereocenters. The molecule has 1 aromatic heterocycles. The highest BCUT2D eigenvalue weighted by Crippen LogP contribution is 2.44. The molecular formula is C28H22N2O4. The molecule has 2 heterocycles. The fraction of sp³-hybridized carbons (Fsp3) is 0.107. The molecule has 1 amide bonds. The molecule has 1 aliphatic rings. The molecule has 0 saturated carbocycles. The van der Waals surface area contributed by atoms with Crippen molar-refractivity contribution in [2.75, 3.05) is 12.0 Å². The molecule has 1 aliphatic heterocycles. The number of nitrogens with zero attached hydrogens (tertiary/aromatic N) is 2. The summed E-state index contributed by atoms with van der Waals surface area (Å²) in [5, 5.41) is 13.1. The van der Waals surface area contributed by atoms with Crippen molar-refractivity contribution >= 4 is 33.9 Å². The molecule has 3 aromatic carbocycles. The Morgan fingerprint density at radius 2 is 1.79 bits per heavy atom. The molecule has 1 unspecified atom stereocenters. The molecule has 4 aromatic rings. The summed E-state index contributed by atoms with van der Waals surface area (Å²) in [6.07, 6.45) is 3.24. The predicted octanol–water partition coefficient (Wildman–Crippen LogP) is 5.18. The predicted molar refractivity (Wildman–Crippen MR) is 131 cm³/mol. The van der Waals surface area contributed by atoms with E-state index >= 15 is 0 Å². The molecule has 0 spiro atoms. The standard InChI is InChI=1S/C28H22N2O4/c1-17-15-19(12-13-23(17)34-2)26(31)24-25(20-9-6-14-29-16-20)30(28(33)27(24)32)22-11-5-8-18-7-3-4-10-21(18)22/h3-16,25,31H,1-2H3/b26-24+. The minimum atomic E-state index is -0.832. The van der Waals surface area contributed by atoms with Crippen LogP contribution in [0, 0.1) is 6.92 Å². The number of benzene rings is 3. The van der Waals surface area contributed by atoms with Crippen LogP contribution in [-0.2, 0) is 9.59 Å². The first-order valence-electron chi connectivity index (χ1n) is 10.8. The molecule has 0 radical (unpaired) electrons. The number of fused-ring (bicyclic) bond motifs is 1. The number of carbonyl (C=O) groups excluding carboxylic acids is 2. The van der Waals surface area contributed by atoms with Gasteiger partial charge in [-0.3, -0.25) is 19.5 Å². The summed E-state index contributed by atoms with van der Waals surface area (Å²) < 4.78 is 5.31. The molecule has 1 fully saturated rings. The van der Waals surface area contributed by atoms with E-state index < -0.39 is 17.7 Å². The molecule has 1 saturated heterocycles. The quantitative estimate of drug-likeness (QED) is 0.263. The number of rotatable bonds is 4. The largest absolute Gasteiger partial charge is 0.507 e. The van der Waals surface area contributed by atoms with Crippen molar-refractivity contribution in [2.45, 2.75) is 13.0 Å². The van der Waals surface area contributed by atoms with E-state index in [0.717, 1.165) is 16.3 Å². The fourth-order valence-corrected chi connectivity index (χ4v) is 4.53. The normalized spacial score (nSPS) is 17.4. The first-order chi connectivity index (χ1) is 16.5. The van der Waals surface area contributed by atoms with Gasteiger partial charge in [0.2, 0.25) is 0 Å². The average molecular weight is 450 g/mol. The zero-order chi connectivity index (χ0) is 23.8. The first-order valence-corrected chi connectivity index (χ1v) is 10.8. The zero-order valence-electron chi connectivity index (χ0n) is 18.7. The molecule has 0 bridgehead atoms. The number of amides is 1. The summed E-state index contributed by atoms with van der Waals surface area (Å²) in [5.41, 5.74) is 2.48. The van der Waals surface area contributed by atoms with E-state index in [4.69, 9.17) is 4.74 Å². The van der Waals surface area contributed by atoms with Crippen molar-refractivity contribution in [3.05, 3.63) is 107 Å². The molecule has 1 N–H and O–H groups in total. The SMILES string of the molecule is COc1ccc(/C(O)=C2\C(=O)C(=O)N(c3cccc4ccccc34)C2c2cccnc2)cc1C. The van der Waals surface area contributed by atoms with Gasteiger partial charge in [0.1, 0.15) is 11.5 Å². The van der Waals surface area contributed by atoms with Crippen molar-refractivity contribution < 1.29 is 19.4 Å². The van der Waals surface area contributed by atoms with Crippen molar-refractivity contribution in [1.29, 1.82) is 0 Å². The van der Waals surface area contributed by atoms with E-state index in [1.807, 2.05) is 49.4 Å². The second kappa shape index (κ2) is 8.48. The van der Waals surface area contributed by atoms with Gasteiger partial charge in [-0.25, -0.2) is 0 Å². The second-order valence-corrected chi connectivity index (χ2v) is 8.14. The van der Waals surface area contributed by atoms with E-state index in [1.165, 1.54) is 4.90 Å². The monoisotopic (exact) mass is 450 g/mol. The lowest BCUT2D eigenvalue weighted by molar-refractivity contribution is -0.132. The third kappa shape index (κ3) is 3.40. The van der Waals surface area contributed by atoms with Crippen molar-refractivity contribution in [1.82, 2.24) is 4.98 Å². The fourth-order valence-electron chi connectivity index (χ4n) is 4.53. The van der Waals surface area contributed by atoms with Crippen LogP contribution < -0.4 is 9.64 Å². The highest BCUT2D eigenvalue weighted by atomic mass is 16.5. The summed E-state index contributed by atoms with van der Waals surface area (Å²) in [5.74, 6) is -1.01. The van der Waals surface area contributed by atoms with Crippen LogP contribution in [0.3, 0.4) is 0 Å². The number of hydrogen-bond acceptors (Lipinski definition) is 5. The van der Waals surface area contributed by atoms with E-state index in [2.05, 4.69) is 4.98 Å². The molecular weight excluding hydrogens is 428 g/mol. The van der Waals surface area contributed by atoms with Crippen LogP contribution in [0.4, 0.5) is 5.69 Å². The lowest BCUT2D eigenvalue weighted by Crippen LogP contribution is -2.29. The first kappa shape index (κ1) is 21.4. The van der Waals surface area contributed by atoms with Crippen molar-refractivity contribution in [3.63, 3.8) is 0 Å². The van der Waals surface area contributed by atoms with Gasteiger partial charge in [-0.2, -0.15) is 0 Å². The van der Waals surface area contributed by atoms with E-state index in [9.17, 15) is 14.7 Å². The van der Waals surface area contributed by atoms with Crippen molar-refractivity contribution in [2.24, 2.45) is 0 Å². The summed E-state index contributed by atoms with van der Waals surface area (Å²) in [6, 6.07) is 21.1. The Morgan fingerprint density at radius 1 is 1.00 bits per heavy atom. The third-order valence-corrected chi connectivity index (χ3v) is 6.14. The number of aromatic nitrogens is 1. The average Bonchev–Trinajstić information content (AvgIpc) is 3.14. The van der Waals surface area contributed by atoms with Crippen LogP contribution >= 0.6 is 0 Å². The molecule has 6 nitrogen and oxygen atoms in total. The Kier molecular flexibility index (Phi) is 5.34. The third-order valence-electron chi connectivity index (χ3n) is 6.14. The van der Waals surface area contributed by atoms with Crippen LogP contribution in [0.25, 0.3) is 16.5 Å². The van der Waals surface area contributed by atoms with E-state index in [1.54, 1.807) is 49.8 Å². The van der Waals surface area contributed by atoms with Crippen LogP contribution in [0.15, 0.2) is 90.8 Å². The Labute approximate surface area is 196 Å². The van der Waals surface area contributed by atoms with Gasteiger partial charge in [-0.05, 0) is 53.8 Å². The Balaban J connectivity index is 1.76. The van der Waals surface area contributed by atoms with Crippen LogP contribution in [0.1, 0.15) is 22.7 Å². The zero-order valence-corrected chi connectivity index (χ0v) is 18.7. The maximum absolute atomic E-state index is 13.4. The van der Waals surface area contributed by atoms with Gasteiger partial charge in [0.25, 0.3) is 11.7 Å². The number of carbonyl (C=O) groups is 2. The number of hydrogen-bond donors (Lipinski definition) is 1. The topological polar surface area (TPSA) is 79.7 Å². The van der Waals surface area contributed by atoms with Gasteiger partial charge in [-0.1, -0.05) is 42.5 Å². The number of ether oxygens (including phenoxy) is 1. The van der Waals surface area contributed by atoms with Crippen LogP contribution in [0.5, 0.6) is 5.75 Å². The number of anilines is 1. The lowest BCUT2D eigenvalue weighted by atomic mass is 9.95. The number of methoxy groups -OCH3 is 1. The van der Waals surface area contributed by atoms with Crippen LogP contribution in [-0.4, -0.2) is 28.9 Å². The number of aliphatic hydroxyl groups is 1. The minimum Gasteiger partial charge on any atom is -0.507 e. The molecule has 6 heteroatoms. The summed E-state index contributed by atoms with van der Waals surface area (Å²) in [4.78, 5) is 32.5. The number of ketones is 1. The Morgan fingerprint density at radius 3 is 2.53 bits per heavy atom. The number of aliphatic hydroxyl groups excluding tert-OH is 1. The maximum atomic E-state index is 13.4. The number of pyridine rings is 1. The van der Waals surface area contributed by atoms with Gasteiger partial charge >= 0.3 is 0 Å². The molecule has 5 rings (SSSR count). The number of Topliss-reactive ketones (excluding diaryl/α,β-unsaturated/α-hetero) is 1. The van der Waals surface area contributed by atoms with Crippen molar-refractivity contribution in [3.8, 4) is 5.75 Å².